The number of rotatable bonds is 5. The summed E-state index contributed by atoms with van der Waals surface area (Å²) in [4.78, 5) is 10.4. The first-order valence-electron chi connectivity index (χ1n) is 5.95. The van der Waals surface area contributed by atoms with E-state index < -0.39 is 0 Å². The van der Waals surface area contributed by atoms with E-state index in [9.17, 15) is 0 Å². The lowest BCUT2D eigenvalue weighted by Gasteiger charge is -2.15. The Morgan fingerprint density at radius 3 is 2.83 bits per heavy atom. The molecule has 2 rings (SSSR count). The summed E-state index contributed by atoms with van der Waals surface area (Å²) in [5.74, 6) is 0.200. The molecule has 0 bridgehead atoms. The van der Waals surface area contributed by atoms with E-state index in [1.54, 1.807) is 0 Å². The topological polar surface area (TPSA) is 96.9 Å². The minimum atomic E-state index is -0.0979. The van der Waals surface area contributed by atoms with Gasteiger partial charge in [0.2, 0.25) is 5.88 Å². The van der Waals surface area contributed by atoms with Crippen LogP contribution in [-0.4, -0.2) is 52.2 Å². The second kappa shape index (κ2) is 6.15. The Kier molecular flexibility index (Phi) is 4.30. The van der Waals surface area contributed by atoms with Crippen LogP contribution in [0.1, 0.15) is 18.5 Å². The highest BCUT2D eigenvalue weighted by Crippen LogP contribution is 2.12. The van der Waals surface area contributed by atoms with Crippen LogP contribution in [0.25, 0.3) is 0 Å². The number of aromatic nitrogens is 2. The third-order valence-corrected chi connectivity index (χ3v) is 2.86. The molecule has 18 heavy (non-hydrogen) atoms. The van der Waals surface area contributed by atoms with Crippen LogP contribution in [-0.2, 0) is 0 Å². The average Bonchev–Trinajstić information content (AvgIpc) is 2.92. The number of hydrogen-bond acceptors (Lipinski definition) is 6. The minimum absolute atomic E-state index is 0.0979. The summed E-state index contributed by atoms with van der Waals surface area (Å²) in [5, 5.41) is 11.5. The average molecular weight is 251 g/mol. The van der Waals surface area contributed by atoms with Crippen LogP contribution < -0.4 is 10.5 Å². The first-order valence-corrected chi connectivity index (χ1v) is 5.95. The molecule has 0 amide bonds. The van der Waals surface area contributed by atoms with E-state index in [4.69, 9.17) is 15.7 Å². The van der Waals surface area contributed by atoms with Crippen LogP contribution in [0, 0.1) is 0 Å². The van der Waals surface area contributed by atoms with Crippen molar-refractivity contribution in [3.05, 3.63) is 18.1 Å². The van der Waals surface area contributed by atoms with Crippen molar-refractivity contribution in [2.24, 2.45) is 10.9 Å². The lowest BCUT2D eigenvalue weighted by Crippen LogP contribution is -2.26. The lowest BCUT2D eigenvalue weighted by molar-refractivity contribution is 0.230. The zero-order chi connectivity index (χ0) is 12.8. The Morgan fingerprint density at radius 2 is 2.11 bits per heavy atom. The van der Waals surface area contributed by atoms with Gasteiger partial charge in [-0.2, -0.15) is 0 Å². The normalized spacial score (nSPS) is 17.0. The smallest absolute Gasteiger partial charge is 0.244 e. The van der Waals surface area contributed by atoms with Crippen molar-refractivity contribution in [1.82, 2.24) is 14.9 Å². The zero-order valence-corrected chi connectivity index (χ0v) is 10.1. The van der Waals surface area contributed by atoms with E-state index in [2.05, 4.69) is 20.0 Å². The Morgan fingerprint density at radius 1 is 1.39 bits per heavy atom. The van der Waals surface area contributed by atoms with Crippen LogP contribution >= 0.6 is 0 Å². The summed E-state index contributed by atoms with van der Waals surface area (Å²) in [6, 6.07) is 0. The Balaban J connectivity index is 1.92. The molecule has 0 aliphatic carbocycles. The number of oxime groups is 1. The quantitative estimate of drug-likeness (QED) is 0.332. The predicted molar refractivity (Wildman–Crippen MR) is 65.7 cm³/mol. The maximum atomic E-state index is 8.64. The third-order valence-electron chi connectivity index (χ3n) is 2.86. The van der Waals surface area contributed by atoms with Gasteiger partial charge in [0, 0.05) is 18.9 Å². The van der Waals surface area contributed by atoms with Gasteiger partial charge in [0.1, 0.15) is 6.61 Å². The van der Waals surface area contributed by atoms with Gasteiger partial charge in [-0.1, -0.05) is 5.16 Å². The fraction of sp³-hybridized carbons (Fsp3) is 0.545. The highest BCUT2D eigenvalue weighted by molar-refractivity contribution is 5.97. The molecule has 3 N–H and O–H groups in total. The van der Waals surface area contributed by atoms with Crippen molar-refractivity contribution in [2.45, 2.75) is 12.8 Å². The van der Waals surface area contributed by atoms with Crippen LogP contribution in [0.5, 0.6) is 5.88 Å². The van der Waals surface area contributed by atoms with Crippen LogP contribution in [0.15, 0.2) is 17.5 Å². The SMILES string of the molecule is NC(=NO)c1nccnc1OCCN1CCCC1. The highest BCUT2D eigenvalue weighted by atomic mass is 16.5. The summed E-state index contributed by atoms with van der Waals surface area (Å²) in [5.41, 5.74) is 5.76. The van der Waals surface area contributed by atoms with E-state index in [1.165, 1.54) is 25.2 Å². The molecule has 0 saturated carbocycles. The van der Waals surface area contributed by atoms with Gasteiger partial charge in [0.25, 0.3) is 0 Å². The summed E-state index contributed by atoms with van der Waals surface area (Å²) < 4.78 is 5.53. The molecule has 1 saturated heterocycles. The molecule has 1 aliphatic heterocycles. The number of likely N-dealkylation sites (tertiary alicyclic amines) is 1. The Bertz CT molecular complexity index is 418. The van der Waals surface area contributed by atoms with E-state index in [0.29, 0.717) is 12.5 Å². The van der Waals surface area contributed by atoms with Gasteiger partial charge in [0.15, 0.2) is 11.5 Å². The van der Waals surface area contributed by atoms with E-state index in [1.807, 2.05) is 0 Å². The molecule has 7 heteroatoms. The lowest BCUT2D eigenvalue weighted by atomic mass is 10.4. The van der Waals surface area contributed by atoms with Gasteiger partial charge in [-0.15, -0.1) is 0 Å². The van der Waals surface area contributed by atoms with Crippen LogP contribution in [0.2, 0.25) is 0 Å². The van der Waals surface area contributed by atoms with Crippen molar-refractivity contribution in [3.8, 4) is 5.88 Å². The molecule has 1 aromatic rings. The second-order valence-electron chi connectivity index (χ2n) is 4.09. The zero-order valence-electron chi connectivity index (χ0n) is 10.1. The molecule has 1 fully saturated rings. The highest BCUT2D eigenvalue weighted by Gasteiger charge is 2.13. The fourth-order valence-corrected chi connectivity index (χ4v) is 1.93. The monoisotopic (exact) mass is 251 g/mol. The molecule has 0 spiro atoms. The maximum Gasteiger partial charge on any atom is 0.244 e. The fourth-order valence-electron chi connectivity index (χ4n) is 1.93. The molecule has 1 aliphatic rings. The van der Waals surface area contributed by atoms with Gasteiger partial charge < -0.3 is 15.7 Å². The van der Waals surface area contributed by atoms with Crippen LogP contribution in [0.4, 0.5) is 0 Å². The molecule has 0 radical (unpaired) electrons. The number of nitrogens with two attached hydrogens (primary N) is 1. The largest absolute Gasteiger partial charge is 0.475 e. The van der Waals surface area contributed by atoms with Gasteiger partial charge in [-0.3, -0.25) is 4.90 Å². The van der Waals surface area contributed by atoms with E-state index >= 15 is 0 Å². The van der Waals surface area contributed by atoms with E-state index in [0.717, 1.165) is 19.6 Å². The molecule has 0 aromatic carbocycles. The third kappa shape index (κ3) is 3.07. The Hall–Kier alpha value is -1.89. The van der Waals surface area contributed by atoms with Gasteiger partial charge >= 0.3 is 0 Å². The maximum absolute atomic E-state index is 8.64. The Labute approximate surface area is 105 Å². The predicted octanol–water partition coefficient (Wildman–Crippen LogP) is 0.0457. The molecule has 0 unspecified atom stereocenters. The summed E-state index contributed by atoms with van der Waals surface area (Å²) in [6.07, 6.45) is 5.49. The first kappa shape index (κ1) is 12.6. The molecule has 7 nitrogen and oxygen atoms in total. The van der Waals surface area contributed by atoms with Crippen LogP contribution in [0.3, 0.4) is 0 Å². The number of hydrogen-bond donors (Lipinski definition) is 2. The van der Waals surface area contributed by atoms with Crippen molar-refractivity contribution in [1.29, 1.82) is 0 Å². The molecule has 2 heterocycles. The molecule has 98 valence electrons. The van der Waals surface area contributed by atoms with Crippen molar-refractivity contribution in [3.63, 3.8) is 0 Å². The van der Waals surface area contributed by atoms with Crippen molar-refractivity contribution in [2.75, 3.05) is 26.2 Å². The minimum Gasteiger partial charge on any atom is -0.475 e. The van der Waals surface area contributed by atoms with Gasteiger partial charge in [-0.05, 0) is 25.9 Å². The summed E-state index contributed by atoms with van der Waals surface area (Å²) in [6.45, 7) is 3.62. The van der Waals surface area contributed by atoms with E-state index in [-0.39, 0.29) is 11.5 Å². The molecule has 1 aromatic heterocycles. The standard InChI is InChI=1S/C11H17N5O2/c12-10(15-17)9-11(14-4-3-13-9)18-8-7-16-5-1-2-6-16/h3-4,17H,1-2,5-8H2,(H2,12,15). The molecule has 0 atom stereocenters. The number of amidine groups is 1. The summed E-state index contributed by atoms with van der Waals surface area (Å²) >= 11 is 0. The number of nitrogens with zero attached hydrogens (tertiary/aromatic N) is 4. The summed E-state index contributed by atoms with van der Waals surface area (Å²) in [7, 11) is 0. The molecular formula is C11H17N5O2. The first-order chi connectivity index (χ1) is 8.81. The second-order valence-corrected chi connectivity index (χ2v) is 4.09. The molecular weight excluding hydrogens is 234 g/mol. The van der Waals surface area contributed by atoms with Crippen molar-refractivity contribution < 1.29 is 9.94 Å². The number of ether oxygens (including phenoxy) is 1. The van der Waals surface area contributed by atoms with Gasteiger partial charge in [-0.25, -0.2) is 9.97 Å². The van der Waals surface area contributed by atoms with Gasteiger partial charge in [0.05, 0.1) is 0 Å². The van der Waals surface area contributed by atoms with Crippen molar-refractivity contribution >= 4 is 5.84 Å².